The Kier molecular flexibility index (Phi) is 4.00. The second-order valence-electron chi connectivity index (χ2n) is 4.27. The molecule has 0 atom stereocenters. The molecule has 104 valence electrons. The van der Waals surface area contributed by atoms with Crippen molar-refractivity contribution in [1.82, 2.24) is 0 Å². The molecule has 1 aromatic heterocycles. The average molecular weight is 296 g/mol. The van der Waals surface area contributed by atoms with Gasteiger partial charge in [0.1, 0.15) is 10.9 Å². The van der Waals surface area contributed by atoms with E-state index >= 15 is 0 Å². The summed E-state index contributed by atoms with van der Waals surface area (Å²) in [5, 5.41) is 9.00. The molecule has 2 N–H and O–H groups in total. The van der Waals surface area contributed by atoms with E-state index in [2.05, 4.69) is 0 Å². The van der Waals surface area contributed by atoms with Crippen LogP contribution in [-0.2, 0) is 6.42 Å². The molecule has 0 aliphatic carbocycles. The van der Waals surface area contributed by atoms with Crippen molar-refractivity contribution in [1.29, 1.82) is 5.26 Å². The summed E-state index contributed by atoms with van der Waals surface area (Å²) in [6, 6.07) is 3.80. The Morgan fingerprint density at radius 2 is 1.85 bits per heavy atom. The number of nitrogens with two attached hydrogens (primary N) is 1. The van der Waals surface area contributed by atoms with E-state index in [4.69, 9.17) is 11.0 Å². The molecule has 20 heavy (non-hydrogen) atoms. The van der Waals surface area contributed by atoms with Gasteiger partial charge in [-0.15, -0.1) is 11.3 Å². The largest absolute Gasteiger partial charge is 0.397 e. The van der Waals surface area contributed by atoms with E-state index in [0.29, 0.717) is 27.4 Å². The Bertz CT molecular complexity index is 678. The molecule has 0 saturated heterocycles. The summed E-state index contributed by atoms with van der Waals surface area (Å²) in [7, 11) is 0. The smallest absolute Gasteiger partial charge is 0.194 e. The molecule has 2 rings (SSSR count). The number of anilines is 1. The molecule has 1 heterocycles. The van der Waals surface area contributed by atoms with E-state index < -0.39 is 17.5 Å². The minimum absolute atomic E-state index is 0.197. The van der Waals surface area contributed by atoms with Gasteiger partial charge in [-0.05, 0) is 29.7 Å². The van der Waals surface area contributed by atoms with Crippen molar-refractivity contribution in [3.63, 3.8) is 0 Å². The minimum atomic E-state index is -1.50. The standard InChI is InChI=1S/C14H11F3N2S/c1-2-3-8-13(19)11(6-18)20-14(8)7-4-9(15)12(17)10(16)5-7/h4-5H,2-3,19H2,1H3. The van der Waals surface area contributed by atoms with Crippen molar-refractivity contribution in [3.8, 4) is 16.5 Å². The number of thiophene rings is 1. The highest BCUT2D eigenvalue weighted by Gasteiger charge is 2.19. The molecule has 2 nitrogen and oxygen atoms in total. The van der Waals surface area contributed by atoms with Crippen LogP contribution < -0.4 is 5.73 Å². The normalized spacial score (nSPS) is 10.6. The molecular weight excluding hydrogens is 285 g/mol. The van der Waals surface area contributed by atoms with Crippen molar-refractivity contribution < 1.29 is 13.2 Å². The SMILES string of the molecule is CCCc1c(-c2cc(F)c(F)c(F)c2)sc(C#N)c1N. The van der Waals surface area contributed by atoms with Crippen molar-refractivity contribution in [3.05, 3.63) is 40.0 Å². The Hall–Kier alpha value is -2.00. The van der Waals surface area contributed by atoms with Crippen LogP contribution in [0.2, 0.25) is 0 Å². The van der Waals surface area contributed by atoms with E-state index in [1.54, 1.807) is 0 Å². The predicted molar refractivity (Wildman–Crippen MR) is 72.8 cm³/mol. The summed E-state index contributed by atoms with van der Waals surface area (Å²) < 4.78 is 39.7. The number of hydrogen-bond donors (Lipinski definition) is 1. The van der Waals surface area contributed by atoms with E-state index in [1.807, 2.05) is 13.0 Å². The average Bonchev–Trinajstić information content (AvgIpc) is 2.73. The van der Waals surface area contributed by atoms with Crippen LogP contribution in [0.15, 0.2) is 12.1 Å². The third kappa shape index (κ3) is 2.37. The molecule has 0 bridgehead atoms. The highest BCUT2D eigenvalue weighted by Crippen LogP contribution is 2.39. The summed E-state index contributed by atoms with van der Waals surface area (Å²) in [5.41, 5.74) is 7.08. The molecule has 2 aromatic rings. The topological polar surface area (TPSA) is 49.8 Å². The summed E-state index contributed by atoms with van der Waals surface area (Å²) >= 11 is 1.06. The van der Waals surface area contributed by atoms with E-state index in [9.17, 15) is 13.2 Å². The number of nitrogens with zero attached hydrogens (tertiary/aromatic N) is 1. The first-order valence-electron chi connectivity index (χ1n) is 5.95. The lowest BCUT2D eigenvalue weighted by molar-refractivity contribution is 0.448. The van der Waals surface area contributed by atoms with Gasteiger partial charge in [0.15, 0.2) is 17.5 Å². The Balaban J connectivity index is 2.66. The number of benzene rings is 1. The van der Waals surface area contributed by atoms with Gasteiger partial charge >= 0.3 is 0 Å². The van der Waals surface area contributed by atoms with Crippen LogP contribution in [-0.4, -0.2) is 0 Å². The first kappa shape index (κ1) is 14.4. The first-order valence-corrected chi connectivity index (χ1v) is 6.77. The Morgan fingerprint density at radius 3 is 2.35 bits per heavy atom. The first-order chi connectivity index (χ1) is 9.49. The van der Waals surface area contributed by atoms with Crippen molar-refractivity contribution in [2.75, 3.05) is 5.73 Å². The van der Waals surface area contributed by atoms with E-state index in [0.717, 1.165) is 29.9 Å². The number of hydrogen-bond acceptors (Lipinski definition) is 3. The van der Waals surface area contributed by atoms with Crippen LogP contribution in [0.1, 0.15) is 23.8 Å². The quantitative estimate of drug-likeness (QED) is 0.861. The van der Waals surface area contributed by atoms with E-state index in [1.165, 1.54) is 0 Å². The third-order valence-electron chi connectivity index (χ3n) is 2.90. The second kappa shape index (κ2) is 5.55. The fourth-order valence-corrected chi connectivity index (χ4v) is 3.03. The minimum Gasteiger partial charge on any atom is -0.397 e. The van der Waals surface area contributed by atoms with Gasteiger partial charge in [-0.25, -0.2) is 13.2 Å². The molecule has 6 heteroatoms. The predicted octanol–water partition coefficient (Wildman–Crippen LogP) is 4.24. The molecule has 0 spiro atoms. The fourth-order valence-electron chi connectivity index (χ4n) is 1.98. The van der Waals surface area contributed by atoms with Crippen LogP contribution in [0, 0.1) is 28.8 Å². The monoisotopic (exact) mass is 296 g/mol. The molecular formula is C14H11F3N2S. The van der Waals surface area contributed by atoms with Crippen LogP contribution in [0.25, 0.3) is 10.4 Å². The summed E-state index contributed by atoms with van der Waals surface area (Å²) in [6.45, 7) is 1.93. The lowest BCUT2D eigenvalue weighted by Gasteiger charge is -2.05. The van der Waals surface area contributed by atoms with Crippen molar-refractivity contribution >= 4 is 17.0 Å². The third-order valence-corrected chi connectivity index (χ3v) is 4.10. The fraction of sp³-hybridized carbons (Fsp3) is 0.214. The molecule has 0 radical (unpaired) electrons. The van der Waals surface area contributed by atoms with Gasteiger partial charge in [0.25, 0.3) is 0 Å². The molecule has 1 aromatic carbocycles. The number of halogens is 3. The number of nitriles is 1. The number of nitrogen functional groups attached to an aromatic ring is 1. The van der Waals surface area contributed by atoms with Crippen LogP contribution >= 0.6 is 11.3 Å². The van der Waals surface area contributed by atoms with Crippen LogP contribution in [0.5, 0.6) is 0 Å². The molecule has 0 aliphatic rings. The Labute approximate surface area is 118 Å². The van der Waals surface area contributed by atoms with Gasteiger partial charge < -0.3 is 5.73 Å². The van der Waals surface area contributed by atoms with Crippen molar-refractivity contribution in [2.24, 2.45) is 0 Å². The molecule has 0 saturated carbocycles. The molecule has 0 fully saturated rings. The maximum atomic E-state index is 13.3. The molecule has 0 unspecified atom stereocenters. The van der Waals surface area contributed by atoms with Gasteiger partial charge in [-0.2, -0.15) is 5.26 Å². The van der Waals surface area contributed by atoms with E-state index in [-0.39, 0.29) is 5.56 Å². The lowest BCUT2D eigenvalue weighted by atomic mass is 10.0. The van der Waals surface area contributed by atoms with Crippen LogP contribution in [0.3, 0.4) is 0 Å². The zero-order valence-electron chi connectivity index (χ0n) is 10.6. The van der Waals surface area contributed by atoms with Crippen LogP contribution in [0.4, 0.5) is 18.9 Å². The molecule has 0 aliphatic heterocycles. The Morgan fingerprint density at radius 1 is 1.25 bits per heavy atom. The van der Waals surface area contributed by atoms with Crippen molar-refractivity contribution in [2.45, 2.75) is 19.8 Å². The summed E-state index contributed by atoms with van der Waals surface area (Å²) in [6.07, 6.45) is 1.35. The lowest BCUT2D eigenvalue weighted by Crippen LogP contribution is -1.95. The van der Waals surface area contributed by atoms with Gasteiger partial charge in [0.2, 0.25) is 0 Å². The van der Waals surface area contributed by atoms with Gasteiger partial charge in [0, 0.05) is 4.88 Å². The zero-order chi connectivity index (χ0) is 14.9. The zero-order valence-corrected chi connectivity index (χ0v) is 11.5. The summed E-state index contributed by atoms with van der Waals surface area (Å²) in [4.78, 5) is 0.812. The maximum absolute atomic E-state index is 13.3. The highest BCUT2D eigenvalue weighted by molar-refractivity contribution is 7.16. The van der Waals surface area contributed by atoms with Gasteiger partial charge in [-0.1, -0.05) is 13.3 Å². The van der Waals surface area contributed by atoms with Gasteiger partial charge in [0.05, 0.1) is 5.69 Å². The number of rotatable bonds is 3. The highest BCUT2D eigenvalue weighted by atomic mass is 32.1. The molecule has 0 amide bonds. The maximum Gasteiger partial charge on any atom is 0.194 e. The second-order valence-corrected chi connectivity index (χ2v) is 5.29. The van der Waals surface area contributed by atoms with Gasteiger partial charge in [-0.3, -0.25) is 0 Å². The summed E-state index contributed by atoms with van der Waals surface area (Å²) in [5.74, 6) is -4.02.